The summed E-state index contributed by atoms with van der Waals surface area (Å²) in [4.78, 5) is 0. The molecule has 3 rings (SSSR count). The fourth-order valence-corrected chi connectivity index (χ4v) is 1.29. The molecule has 62 valence electrons. The highest BCUT2D eigenvalue weighted by atomic mass is 16.7. The van der Waals surface area contributed by atoms with Gasteiger partial charge in [0.25, 0.3) is 0 Å². The predicted octanol–water partition coefficient (Wildman–Crippen LogP) is 1.14. The van der Waals surface area contributed by atoms with Crippen molar-refractivity contribution in [1.82, 2.24) is 0 Å². The van der Waals surface area contributed by atoms with Gasteiger partial charge in [0.1, 0.15) is 0 Å². The van der Waals surface area contributed by atoms with Crippen LogP contribution in [0.5, 0.6) is 23.0 Å². The van der Waals surface area contributed by atoms with E-state index in [1.165, 1.54) is 0 Å². The summed E-state index contributed by atoms with van der Waals surface area (Å²) in [6, 6.07) is 3.56. The molecule has 0 N–H and O–H groups in total. The zero-order valence-corrected chi connectivity index (χ0v) is 6.20. The minimum absolute atomic E-state index is 0.276. The molecule has 1 aromatic carbocycles. The third-order valence-electron chi connectivity index (χ3n) is 1.87. The molecule has 0 aromatic heterocycles. The summed E-state index contributed by atoms with van der Waals surface area (Å²) >= 11 is 0. The molecule has 12 heavy (non-hydrogen) atoms. The van der Waals surface area contributed by atoms with Crippen molar-refractivity contribution in [3.63, 3.8) is 0 Å². The van der Waals surface area contributed by atoms with Crippen LogP contribution in [0.2, 0.25) is 0 Å². The molecule has 4 nitrogen and oxygen atoms in total. The summed E-state index contributed by atoms with van der Waals surface area (Å²) in [7, 11) is 0. The van der Waals surface area contributed by atoms with E-state index < -0.39 is 0 Å². The maximum atomic E-state index is 5.17. The molecule has 0 aliphatic carbocycles. The van der Waals surface area contributed by atoms with Crippen LogP contribution >= 0.6 is 0 Å². The van der Waals surface area contributed by atoms with Crippen molar-refractivity contribution in [1.29, 1.82) is 0 Å². The second kappa shape index (κ2) is 1.97. The molecule has 0 unspecified atom stereocenters. The number of fused-ring (bicyclic) bond motifs is 2. The standard InChI is InChI=1S/C8H6O4/c1-5-7(11-3-9-5)2-8-6(1)10-4-12-8/h1-2H,3-4H2. The topological polar surface area (TPSA) is 36.9 Å². The van der Waals surface area contributed by atoms with Gasteiger partial charge < -0.3 is 18.9 Å². The highest BCUT2D eigenvalue weighted by Crippen LogP contribution is 2.43. The highest BCUT2D eigenvalue weighted by molar-refractivity contribution is 5.56. The van der Waals surface area contributed by atoms with Gasteiger partial charge in [0.2, 0.25) is 13.6 Å². The van der Waals surface area contributed by atoms with Crippen LogP contribution in [-0.4, -0.2) is 13.6 Å². The van der Waals surface area contributed by atoms with Gasteiger partial charge in [-0.3, -0.25) is 0 Å². The van der Waals surface area contributed by atoms with Crippen molar-refractivity contribution < 1.29 is 18.9 Å². The number of benzene rings is 1. The second-order valence-corrected chi connectivity index (χ2v) is 2.56. The van der Waals surface area contributed by atoms with Crippen molar-refractivity contribution in [2.75, 3.05) is 13.6 Å². The summed E-state index contributed by atoms with van der Waals surface area (Å²) in [5, 5.41) is 0. The number of hydrogen-bond donors (Lipinski definition) is 0. The van der Waals surface area contributed by atoms with Crippen molar-refractivity contribution >= 4 is 0 Å². The summed E-state index contributed by atoms with van der Waals surface area (Å²) in [6.45, 7) is 0.552. The van der Waals surface area contributed by atoms with Crippen LogP contribution in [0, 0.1) is 0 Å². The molecule has 0 bridgehead atoms. The Labute approximate surface area is 68.6 Å². The molecular weight excluding hydrogens is 160 g/mol. The molecule has 0 saturated heterocycles. The van der Waals surface area contributed by atoms with Crippen LogP contribution in [0.1, 0.15) is 0 Å². The van der Waals surface area contributed by atoms with Crippen LogP contribution in [-0.2, 0) is 0 Å². The smallest absolute Gasteiger partial charge is 0.231 e. The van der Waals surface area contributed by atoms with Crippen molar-refractivity contribution in [3.8, 4) is 23.0 Å². The normalized spacial score (nSPS) is 16.7. The number of ether oxygens (including phenoxy) is 4. The fraction of sp³-hybridized carbons (Fsp3) is 0.250. The molecule has 0 amide bonds. The Morgan fingerprint density at radius 2 is 1.00 bits per heavy atom. The Morgan fingerprint density at radius 3 is 1.33 bits per heavy atom. The second-order valence-electron chi connectivity index (χ2n) is 2.56. The fourth-order valence-electron chi connectivity index (χ4n) is 1.29. The van der Waals surface area contributed by atoms with Crippen LogP contribution < -0.4 is 18.9 Å². The van der Waals surface area contributed by atoms with E-state index in [1.807, 2.05) is 0 Å². The van der Waals surface area contributed by atoms with Crippen molar-refractivity contribution in [2.45, 2.75) is 0 Å². The third-order valence-corrected chi connectivity index (χ3v) is 1.87. The molecule has 1 aromatic rings. The van der Waals surface area contributed by atoms with E-state index in [2.05, 4.69) is 0 Å². The maximum absolute atomic E-state index is 5.17. The summed E-state index contributed by atoms with van der Waals surface area (Å²) in [5.41, 5.74) is 0. The van der Waals surface area contributed by atoms with E-state index in [4.69, 9.17) is 18.9 Å². The van der Waals surface area contributed by atoms with Crippen molar-refractivity contribution in [3.05, 3.63) is 12.1 Å². The lowest BCUT2D eigenvalue weighted by molar-refractivity contribution is 0.166. The van der Waals surface area contributed by atoms with Gasteiger partial charge in [0.05, 0.1) is 0 Å². The van der Waals surface area contributed by atoms with Gasteiger partial charge in [-0.05, 0) is 0 Å². The predicted molar refractivity (Wildman–Crippen MR) is 38.7 cm³/mol. The zero-order chi connectivity index (χ0) is 7.97. The quantitative estimate of drug-likeness (QED) is 0.579. The molecule has 0 saturated carbocycles. The molecule has 0 spiro atoms. The monoisotopic (exact) mass is 166 g/mol. The summed E-state index contributed by atoms with van der Waals surface area (Å²) in [5.74, 6) is 2.89. The molecule has 0 fully saturated rings. The Bertz CT molecular complexity index is 274. The summed E-state index contributed by atoms with van der Waals surface area (Å²) < 4.78 is 20.7. The van der Waals surface area contributed by atoms with Crippen LogP contribution in [0.3, 0.4) is 0 Å². The minimum Gasteiger partial charge on any atom is -0.453 e. The average Bonchev–Trinajstić information content (AvgIpc) is 2.64. The Kier molecular flexibility index (Phi) is 0.983. The van der Waals surface area contributed by atoms with Gasteiger partial charge in [-0.2, -0.15) is 0 Å². The Morgan fingerprint density at radius 1 is 0.667 bits per heavy atom. The third kappa shape index (κ3) is 0.664. The maximum Gasteiger partial charge on any atom is 0.231 e. The van der Waals surface area contributed by atoms with Gasteiger partial charge in [0.15, 0.2) is 23.0 Å². The largest absolute Gasteiger partial charge is 0.453 e. The number of hydrogen-bond acceptors (Lipinski definition) is 4. The SMILES string of the molecule is c1c2c(cc3c1OCO3)OCO2. The highest BCUT2D eigenvalue weighted by Gasteiger charge is 2.21. The molecular formula is C8H6O4. The van der Waals surface area contributed by atoms with E-state index >= 15 is 0 Å². The van der Waals surface area contributed by atoms with Gasteiger partial charge in [-0.15, -0.1) is 0 Å². The molecule has 2 aliphatic rings. The van der Waals surface area contributed by atoms with Crippen LogP contribution in [0.25, 0.3) is 0 Å². The minimum atomic E-state index is 0.276. The lowest BCUT2D eigenvalue weighted by Gasteiger charge is -1.97. The van der Waals surface area contributed by atoms with E-state index in [-0.39, 0.29) is 13.6 Å². The van der Waals surface area contributed by atoms with E-state index in [0.717, 1.165) is 23.0 Å². The first kappa shape index (κ1) is 5.99. The molecule has 2 aliphatic heterocycles. The van der Waals surface area contributed by atoms with E-state index in [9.17, 15) is 0 Å². The van der Waals surface area contributed by atoms with E-state index in [1.54, 1.807) is 12.1 Å². The van der Waals surface area contributed by atoms with E-state index in [0.29, 0.717) is 0 Å². The van der Waals surface area contributed by atoms with Gasteiger partial charge in [-0.25, -0.2) is 0 Å². The first-order valence-corrected chi connectivity index (χ1v) is 3.63. The first-order chi connectivity index (χ1) is 5.93. The Hall–Kier alpha value is -1.58. The Balaban J connectivity index is 2.18. The average molecular weight is 166 g/mol. The summed E-state index contributed by atoms with van der Waals surface area (Å²) in [6.07, 6.45) is 0. The lowest BCUT2D eigenvalue weighted by atomic mass is 10.3. The van der Waals surface area contributed by atoms with Crippen LogP contribution in [0.4, 0.5) is 0 Å². The van der Waals surface area contributed by atoms with Gasteiger partial charge in [0, 0.05) is 12.1 Å². The molecule has 0 atom stereocenters. The number of rotatable bonds is 0. The van der Waals surface area contributed by atoms with Crippen LogP contribution in [0.15, 0.2) is 12.1 Å². The van der Waals surface area contributed by atoms with Gasteiger partial charge in [-0.1, -0.05) is 0 Å². The first-order valence-electron chi connectivity index (χ1n) is 3.63. The van der Waals surface area contributed by atoms with Gasteiger partial charge >= 0.3 is 0 Å². The molecule has 0 radical (unpaired) electrons. The molecule has 2 heterocycles. The van der Waals surface area contributed by atoms with Crippen molar-refractivity contribution in [2.24, 2.45) is 0 Å². The molecule has 4 heteroatoms. The lowest BCUT2D eigenvalue weighted by Crippen LogP contribution is -1.94. The zero-order valence-electron chi connectivity index (χ0n) is 6.20.